The summed E-state index contributed by atoms with van der Waals surface area (Å²) in [4.78, 5) is 33.2. The number of nitrogens with one attached hydrogen (secondary N) is 1. The van der Waals surface area contributed by atoms with Crippen LogP contribution in [0.2, 0.25) is 0 Å². The van der Waals surface area contributed by atoms with Crippen LogP contribution in [0.25, 0.3) is 10.2 Å². The molecule has 8 heteroatoms. The molecule has 0 aromatic carbocycles. The molecule has 0 unspecified atom stereocenters. The van der Waals surface area contributed by atoms with Crippen LogP contribution in [0.4, 0.5) is 0 Å². The van der Waals surface area contributed by atoms with E-state index in [0.29, 0.717) is 24.2 Å². The third kappa shape index (κ3) is 5.17. The van der Waals surface area contributed by atoms with Crippen molar-refractivity contribution in [3.8, 4) is 0 Å². The summed E-state index contributed by atoms with van der Waals surface area (Å²) in [6, 6.07) is 0. The fourth-order valence-corrected chi connectivity index (χ4v) is 6.94. The maximum atomic E-state index is 13.4. The van der Waals surface area contributed by atoms with E-state index in [1.807, 2.05) is 6.92 Å². The van der Waals surface area contributed by atoms with Gasteiger partial charge < -0.3 is 10.1 Å². The summed E-state index contributed by atoms with van der Waals surface area (Å²) >= 11 is 3.04. The molecule has 6 nitrogen and oxygen atoms in total. The van der Waals surface area contributed by atoms with E-state index in [0.717, 1.165) is 36.0 Å². The van der Waals surface area contributed by atoms with Gasteiger partial charge in [-0.05, 0) is 56.9 Å². The van der Waals surface area contributed by atoms with E-state index in [-0.39, 0.29) is 16.7 Å². The van der Waals surface area contributed by atoms with Gasteiger partial charge in [0.05, 0.1) is 23.8 Å². The lowest BCUT2D eigenvalue weighted by Crippen LogP contribution is -2.36. The molecule has 1 N–H and O–H groups in total. The van der Waals surface area contributed by atoms with Crippen LogP contribution in [0.1, 0.15) is 62.3 Å². The van der Waals surface area contributed by atoms with Crippen molar-refractivity contribution in [3.63, 3.8) is 0 Å². The highest BCUT2D eigenvalue weighted by atomic mass is 32.2. The third-order valence-corrected chi connectivity index (χ3v) is 8.78. The number of ether oxygens (including phenoxy) is 1. The van der Waals surface area contributed by atoms with E-state index in [1.165, 1.54) is 60.7 Å². The van der Waals surface area contributed by atoms with Crippen molar-refractivity contribution in [1.82, 2.24) is 14.9 Å². The monoisotopic (exact) mass is 463 g/mol. The molecule has 31 heavy (non-hydrogen) atoms. The number of rotatable bonds is 8. The first kappa shape index (κ1) is 22.8. The minimum absolute atomic E-state index is 0.0127. The Balaban J connectivity index is 1.55. The van der Waals surface area contributed by atoms with Gasteiger partial charge in [0.1, 0.15) is 4.83 Å². The van der Waals surface area contributed by atoms with Crippen molar-refractivity contribution in [2.24, 2.45) is 5.92 Å². The van der Waals surface area contributed by atoms with Crippen LogP contribution in [0, 0.1) is 5.92 Å². The number of thioether (sulfide) groups is 1. The molecule has 2 aromatic heterocycles. The number of carbonyl (C=O) groups excluding carboxylic acids is 1. The Kier molecular flexibility index (Phi) is 7.72. The Morgan fingerprint density at radius 3 is 2.81 bits per heavy atom. The second-order valence-electron chi connectivity index (χ2n) is 8.74. The number of aromatic nitrogens is 2. The summed E-state index contributed by atoms with van der Waals surface area (Å²) in [5, 5.41) is 4.23. The maximum Gasteiger partial charge on any atom is 0.263 e. The molecule has 2 aromatic rings. The van der Waals surface area contributed by atoms with Crippen LogP contribution in [0.3, 0.4) is 0 Å². The molecule has 1 saturated carbocycles. The molecule has 0 aliphatic heterocycles. The lowest BCUT2D eigenvalue weighted by Gasteiger charge is -2.22. The number of aryl methyl sites for hydroxylation is 2. The SMILES string of the molecule is COCCn1c(S[C@@H](C)C(=O)NCC2CCCCC2)nc2sc3c(c2c1=O)CCCC3. The molecule has 4 rings (SSSR count). The molecule has 2 heterocycles. The zero-order valence-electron chi connectivity index (χ0n) is 18.6. The summed E-state index contributed by atoms with van der Waals surface area (Å²) in [7, 11) is 1.64. The van der Waals surface area contributed by atoms with Gasteiger partial charge in [0.15, 0.2) is 5.16 Å². The van der Waals surface area contributed by atoms with Gasteiger partial charge in [-0.3, -0.25) is 14.2 Å². The van der Waals surface area contributed by atoms with E-state index in [1.54, 1.807) is 23.0 Å². The molecule has 2 aliphatic rings. The first-order chi connectivity index (χ1) is 15.1. The summed E-state index contributed by atoms with van der Waals surface area (Å²) in [6.45, 7) is 3.54. The van der Waals surface area contributed by atoms with E-state index >= 15 is 0 Å². The lowest BCUT2D eigenvalue weighted by molar-refractivity contribution is -0.120. The normalized spacial score (nSPS) is 18.1. The van der Waals surface area contributed by atoms with E-state index in [4.69, 9.17) is 9.72 Å². The molecule has 1 amide bonds. The molecule has 0 spiro atoms. The van der Waals surface area contributed by atoms with Crippen LogP contribution in [0.5, 0.6) is 0 Å². The summed E-state index contributed by atoms with van der Waals surface area (Å²) in [6.07, 6.45) is 10.6. The molecule has 1 fully saturated rings. The number of amides is 1. The maximum absolute atomic E-state index is 13.4. The van der Waals surface area contributed by atoms with E-state index < -0.39 is 0 Å². The fourth-order valence-electron chi connectivity index (χ4n) is 4.68. The smallest absolute Gasteiger partial charge is 0.263 e. The van der Waals surface area contributed by atoms with Gasteiger partial charge in [-0.1, -0.05) is 31.0 Å². The molecule has 170 valence electrons. The second-order valence-corrected chi connectivity index (χ2v) is 11.1. The predicted molar refractivity (Wildman–Crippen MR) is 127 cm³/mol. The second kappa shape index (κ2) is 10.5. The van der Waals surface area contributed by atoms with Crippen molar-refractivity contribution in [2.45, 2.75) is 81.7 Å². The van der Waals surface area contributed by atoms with Gasteiger partial charge in [-0.25, -0.2) is 4.98 Å². The van der Waals surface area contributed by atoms with Gasteiger partial charge in [0.25, 0.3) is 5.56 Å². The average Bonchev–Trinajstić information content (AvgIpc) is 3.16. The highest BCUT2D eigenvalue weighted by Gasteiger charge is 2.25. The number of methoxy groups -OCH3 is 1. The molecule has 0 bridgehead atoms. The Morgan fingerprint density at radius 1 is 1.26 bits per heavy atom. The first-order valence-electron chi connectivity index (χ1n) is 11.6. The third-order valence-electron chi connectivity index (χ3n) is 6.50. The van der Waals surface area contributed by atoms with Crippen molar-refractivity contribution >= 4 is 39.2 Å². The van der Waals surface area contributed by atoms with Crippen LogP contribution >= 0.6 is 23.1 Å². The molecule has 0 radical (unpaired) electrons. The average molecular weight is 464 g/mol. The van der Waals surface area contributed by atoms with Crippen molar-refractivity contribution in [1.29, 1.82) is 0 Å². The molecular weight excluding hydrogens is 430 g/mol. The van der Waals surface area contributed by atoms with Gasteiger partial charge in [0.2, 0.25) is 5.91 Å². The molecular formula is C23H33N3O3S2. The van der Waals surface area contributed by atoms with Crippen LogP contribution < -0.4 is 10.9 Å². The number of fused-ring (bicyclic) bond motifs is 3. The van der Waals surface area contributed by atoms with Gasteiger partial charge >= 0.3 is 0 Å². The minimum atomic E-state index is -0.309. The molecule has 1 atom stereocenters. The topological polar surface area (TPSA) is 73.2 Å². The zero-order valence-corrected chi connectivity index (χ0v) is 20.2. The number of hydrogen-bond acceptors (Lipinski definition) is 6. The number of thiophene rings is 1. The van der Waals surface area contributed by atoms with Crippen molar-refractivity contribution in [2.75, 3.05) is 20.3 Å². The Morgan fingerprint density at radius 2 is 2.03 bits per heavy atom. The van der Waals surface area contributed by atoms with Gasteiger partial charge in [-0.2, -0.15) is 0 Å². The van der Waals surface area contributed by atoms with Crippen molar-refractivity contribution in [3.05, 3.63) is 20.8 Å². The van der Waals surface area contributed by atoms with Gasteiger partial charge in [-0.15, -0.1) is 11.3 Å². The van der Waals surface area contributed by atoms with Crippen molar-refractivity contribution < 1.29 is 9.53 Å². The summed E-state index contributed by atoms with van der Waals surface area (Å²) < 4.78 is 6.96. The predicted octanol–water partition coefficient (Wildman–Crippen LogP) is 4.16. The largest absolute Gasteiger partial charge is 0.383 e. The standard InChI is InChI=1S/C23H33N3O3S2/c1-15(20(27)24-14-16-8-4-3-5-9-16)30-23-25-21-19(22(28)26(23)12-13-29-2)17-10-6-7-11-18(17)31-21/h15-16H,3-14H2,1-2H3,(H,24,27)/t15-/m0/s1. The van der Waals surface area contributed by atoms with E-state index in [9.17, 15) is 9.59 Å². The Hall–Kier alpha value is -1.38. The van der Waals surface area contributed by atoms with Crippen LogP contribution in [-0.4, -0.2) is 41.0 Å². The van der Waals surface area contributed by atoms with Crippen LogP contribution in [-0.2, 0) is 28.9 Å². The number of nitrogens with zero attached hydrogens (tertiary/aromatic N) is 2. The quantitative estimate of drug-likeness (QED) is 0.470. The fraction of sp³-hybridized carbons (Fsp3) is 0.696. The zero-order chi connectivity index (χ0) is 21.8. The Bertz CT molecular complexity index is 979. The molecule has 0 saturated heterocycles. The Labute approximate surface area is 192 Å². The first-order valence-corrected chi connectivity index (χ1v) is 13.3. The summed E-state index contributed by atoms with van der Waals surface area (Å²) in [5.74, 6) is 0.621. The lowest BCUT2D eigenvalue weighted by atomic mass is 9.89. The van der Waals surface area contributed by atoms with E-state index in [2.05, 4.69) is 5.32 Å². The molecule has 2 aliphatic carbocycles. The minimum Gasteiger partial charge on any atom is -0.383 e. The van der Waals surface area contributed by atoms with Crippen LogP contribution in [0.15, 0.2) is 9.95 Å². The highest BCUT2D eigenvalue weighted by molar-refractivity contribution is 8.00. The summed E-state index contributed by atoms with van der Waals surface area (Å²) in [5.41, 5.74) is 1.21. The highest BCUT2D eigenvalue weighted by Crippen LogP contribution is 2.35. The van der Waals surface area contributed by atoms with Gasteiger partial charge in [0, 0.05) is 18.5 Å². The number of carbonyl (C=O) groups is 1. The number of hydrogen-bond donors (Lipinski definition) is 1.